The number of hydrogen-bond acceptors (Lipinski definition) is 6. The number of hydrogen-bond donors (Lipinski definition) is 2. The van der Waals surface area contributed by atoms with Gasteiger partial charge in [-0.25, -0.2) is 14.8 Å². The summed E-state index contributed by atoms with van der Waals surface area (Å²) in [6.07, 6.45) is 0.687. The molecule has 0 aliphatic rings. The Morgan fingerprint density at radius 1 is 1.44 bits per heavy atom. The summed E-state index contributed by atoms with van der Waals surface area (Å²) in [7, 11) is 0. The number of rotatable bonds is 5. The molecule has 3 N–H and O–H groups in total. The van der Waals surface area contributed by atoms with E-state index in [4.69, 9.17) is 10.5 Å². The molecule has 0 aliphatic heterocycles. The van der Waals surface area contributed by atoms with Gasteiger partial charge in [0, 0.05) is 12.0 Å². The minimum atomic E-state index is -0.470. The number of nitrogens with one attached hydrogen (secondary N) is 1. The van der Waals surface area contributed by atoms with E-state index < -0.39 is 6.04 Å². The monoisotopic (exact) mass is 252 g/mol. The lowest BCUT2D eigenvalue weighted by atomic mass is 10.2. The number of aromatic nitrogens is 2. The zero-order valence-corrected chi connectivity index (χ0v) is 11.3. The van der Waals surface area contributed by atoms with Gasteiger partial charge in [-0.2, -0.15) is 0 Å². The van der Waals surface area contributed by atoms with Crippen molar-refractivity contribution in [2.24, 2.45) is 0 Å². The van der Waals surface area contributed by atoms with Gasteiger partial charge in [0.25, 0.3) is 0 Å². The summed E-state index contributed by atoms with van der Waals surface area (Å²) in [5, 5.41) is 3.00. The summed E-state index contributed by atoms with van der Waals surface area (Å²) in [6, 6.07) is -0.470. The molecule has 0 saturated heterocycles. The maximum absolute atomic E-state index is 11.5. The number of aryl methyl sites for hydroxylation is 1. The molecule has 1 unspecified atom stereocenters. The predicted molar refractivity (Wildman–Crippen MR) is 70.3 cm³/mol. The summed E-state index contributed by atoms with van der Waals surface area (Å²) >= 11 is 0. The first-order chi connectivity index (χ1) is 8.49. The van der Waals surface area contributed by atoms with Crippen molar-refractivity contribution in [2.75, 3.05) is 17.7 Å². The second-order valence-electron chi connectivity index (χ2n) is 3.97. The van der Waals surface area contributed by atoms with E-state index in [1.54, 1.807) is 13.8 Å². The Bertz CT molecular complexity index is 434. The fourth-order valence-corrected chi connectivity index (χ4v) is 1.41. The average molecular weight is 252 g/mol. The number of nitrogen functional groups attached to an aromatic ring is 1. The van der Waals surface area contributed by atoms with Crippen LogP contribution in [0.15, 0.2) is 0 Å². The standard InChI is InChI=1S/C12H20N4O2/c1-5-9-15-10(13)7(3)11(16-9)14-8(4)12(17)18-6-2/h8H,5-6H2,1-4H3,(H3,13,14,15,16). The van der Waals surface area contributed by atoms with Crippen LogP contribution in [0, 0.1) is 6.92 Å². The van der Waals surface area contributed by atoms with Crippen LogP contribution in [-0.2, 0) is 16.0 Å². The topological polar surface area (TPSA) is 90.1 Å². The van der Waals surface area contributed by atoms with Crippen LogP contribution in [0.2, 0.25) is 0 Å². The highest BCUT2D eigenvalue weighted by atomic mass is 16.5. The molecule has 1 rings (SSSR count). The van der Waals surface area contributed by atoms with Crippen LogP contribution in [0.1, 0.15) is 32.2 Å². The van der Waals surface area contributed by atoms with Crippen molar-refractivity contribution in [3.05, 3.63) is 11.4 Å². The summed E-state index contributed by atoms with van der Waals surface area (Å²) in [5.74, 6) is 1.35. The second-order valence-corrected chi connectivity index (χ2v) is 3.97. The molecule has 100 valence electrons. The summed E-state index contributed by atoms with van der Waals surface area (Å²) in [6.45, 7) is 7.61. The lowest BCUT2D eigenvalue weighted by Gasteiger charge is -2.16. The molecule has 6 nitrogen and oxygen atoms in total. The molecule has 0 saturated carbocycles. The molecule has 18 heavy (non-hydrogen) atoms. The SMILES string of the molecule is CCOC(=O)C(C)Nc1nc(CC)nc(N)c1C. The van der Waals surface area contributed by atoms with E-state index in [9.17, 15) is 4.79 Å². The molecule has 1 atom stereocenters. The Morgan fingerprint density at radius 2 is 2.11 bits per heavy atom. The maximum Gasteiger partial charge on any atom is 0.328 e. The first kappa shape index (κ1) is 14.2. The van der Waals surface area contributed by atoms with Crippen LogP contribution in [-0.4, -0.2) is 28.6 Å². The van der Waals surface area contributed by atoms with E-state index in [0.29, 0.717) is 30.5 Å². The van der Waals surface area contributed by atoms with E-state index in [1.165, 1.54) is 0 Å². The van der Waals surface area contributed by atoms with Gasteiger partial charge < -0.3 is 15.8 Å². The number of nitrogens with two attached hydrogens (primary N) is 1. The summed E-state index contributed by atoms with van der Waals surface area (Å²) in [4.78, 5) is 20.0. The maximum atomic E-state index is 11.5. The molecule has 0 aliphatic carbocycles. The van der Waals surface area contributed by atoms with Gasteiger partial charge in [-0.15, -0.1) is 0 Å². The Labute approximate surface area is 107 Å². The Balaban J connectivity index is 2.89. The highest BCUT2D eigenvalue weighted by Gasteiger charge is 2.16. The Hall–Kier alpha value is -1.85. The largest absolute Gasteiger partial charge is 0.464 e. The third-order valence-corrected chi connectivity index (χ3v) is 2.54. The van der Waals surface area contributed by atoms with E-state index in [2.05, 4.69) is 15.3 Å². The Kier molecular flexibility index (Phi) is 4.88. The normalized spacial score (nSPS) is 12.0. The van der Waals surface area contributed by atoms with Crippen LogP contribution in [0.25, 0.3) is 0 Å². The lowest BCUT2D eigenvalue weighted by molar-refractivity contribution is -0.143. The molecule has 0 spiro atoms. The number of nitrogens with zero attached hydrogens (tertiary/aromatic N) is 2. The number of carbonyl (C=O) groups is 1. The Morgan fingerprint density at radius 3 is 2.67 bits per heavy atom. The van der Waals surface area contributed by atoms with Crippen molar-refractivity contribution in [3.8, 4) is 0 Å². The van der Waals surface area contributed by atoms with Gasteiger partial charge >= 0.3 is 5.97 Å². The highest BCUT2D eigenvalue weighted by Crippen LogP contribution is 2.18. The minimum Gasteiger partial charge on any atom is -0.464 e. The average Bonchev–Trinajstić information content (AvgIpc) is 2.34. The highest BCUT2D eigenvalue weighted by molar-refractivity contribution is 5.79. The van der Waals surface area contributed by atoms with Gasteiger partial charge in [0.1, 0.15) is 23.5 Å². The number of carbonyl (C=O) groups excluding carboxylic acids is 1. The first-order valence-electron chi connectivity index (χ1n) is 6.05. The van der Waals surface area contributed by atoms with Gasteiger partial charge in [-0.1, -0.05) is 6.92 Å². The molecule has 0 fully saturated rings. The van der Waals surface area contributed by atoms with E-state index >= 15 is 0 Å². The lowest BCUT2D eigenvalue weighted by Crippen LogP contribution is -2.29. The third kappa shape index (κ3) is 3.32. The van der Waals surface area contributed by atoms with Gasteiger partial charge in [-0.3, -0.25) is 0 Å². The van der Waals surface area contributed by atoms with Crippen LogP contribution < -0.4 is 11.1 Å². The first-order valence-corrected chi connectivity index (χ1v) is 6.05. The third-order valence-electron chi connectivity index (χ3n) is 2.54. The van der Waals surface area contributed by atoms with Gasteiger partial charge in [0.05, 0.1) is 6.61 Å². The van der Waals surface area contributed by atoms with Crippen molar-refractivity contribution < 1.29 is 9.53 Å². The van der Waals surface area contributed by atoms with Crippen molar-refractivity contribution in [2.45, 2.75) is 40.2 Å². The molecule has 6 heteroatoms. The fraction of sp³-hybridized carbons (Fsp3) is 0.583. The minimum absolute atomic E-state index is 0.313. The zero-order valence-electron chi connectivity index (χ0n) is 11.3. The fourth-order valence-electron chi connectivity index (χ4n) is 1.41. The van der Waals surface area contributed by atoms with E-state index in [0.717, 1.165) is 5.56 Å². The zero-order chi connectivity index (χ0) is 13.7. The molecular formula is C12H20N4O2. The molecule has 0 bridgehead atoms. The molecule has 1 aromatic heterocycles. The number of anilines is 2. The molecular weight excluding hydrogens is 232 g/mol. The smallest absolute Gasteiger partial charge is 0.328 e. The van der Waals surface area contributed by atoms with Crippen LogP contribution in [0.3, 0.4) is 0 Å². The number of ether oxygens (including phenoxy) is 1. The summed E-state index contributed by atoms with van der Waals surface area (Å²) in [5.41, 5.74) is 6.54. The van der Waals surface area contributed by atoms with Gasteiger partial charge in [0.2, 0.25) is 0 Å². The molecule has 1 heterocycles. The molecule has 1 aromatic rings. The van der Waals surface area contributed by atoms with Crippen LogP contribution in [0.5, 0.6) is 0 Å². The quantitative estimate of drug-likeness (QED) is 0.767. The van der Waals surface area contributed by atoms with Crippen LogP contribution in [0.4, 0.5) is 11.6 Å². The van der Waals surface area contributed by atoms with E-state index in [-0.39, 0.29) is 5.97 Å². The number of esters is 1. The van der Waals surface area contributed by atoms with Crippen molar-refractivity contribution in [1.29, 1.82) is 0 Å². The van der Waals surface area contributed by atoms with Gasteiger partial charge in [0.15, 0.2) is 0 Å². The molecule has 0 radical (unpaired) electrons. The van der Waals surface area contributed by atoms with Crippen molar-refractivity contribution in [1.82, 2.24) is 9.97 Å². The molecule has 0 amide bonds. The summed E-state index contributed by atoms with van der Waals surface area (Å²) < 4.78 is 4.93. The van der Waals surface area contributed by atoms with E-state index in [1.807, 2.05) is 13.8 Å². The van der Waals surface area contributed by atoms with Crippen LogP contribution >= 0.6 is 0 Å². The van der Waals surface area contributed by atoms with Crippen molar-refractivity contribution in [3.63, 3.8) is 0 Å². The van der Waals surface area contributed by atoms with Gasteiger partial charge in [-0.05, 0) is 20.8 Å². The molecule has 0 aromatic carbocycles. The second kappa shape index (κ2) is 6.18. The van der Waals surface area contributed by atoms with Crippen molar-refractivity contribution >= 4 is 17.6 Å². The predicted octanol–water partition coefficient (Wildman–Crippen LogP) is 1.29.